The van der Waals surface area contributed by atoms with Crippen LogP contribution in [-0.2, 0) is 0 Å². The molecule has 0 bridgehead atoms. The van der Waals surface area contributed by atoms with Crippen LogP contribution in [0.3, 0.4) is 0 Å². The van der Waals surface area contributed by atoms with Crippen LogP contribution in [-0.4, -0.2) is 15.2 Å². The highest BCUT2D eigenvalue weighted by molar-refractivity contribution is 5.59. The number of aryl methyl sites for hydroxylation is 2. The van der Waals surface area contributed by atoms with Crippen molar-refractivity contribution in [2.75, 3.05) is 5.32 Å². The second kappa shape index (κ2) is 5.13. The zero-order valence-corrected chi connectivity index (χ0v) is 11.3. The van der Waals surface area contributed by atoms with E-state index in [9.17, 15) is 0 Å². The van der Waals surface area contributed by atoms with Gasteiger partial charge in [-0.15, -0.1) is 5.10 Å². The zero-order valence-electron chi connectivity index (χ0n) is 11.3. The van der Waals surface area contributed by atoms with Crippen molar-refractivity contribution in [2.45, 2.75) is 13.8 Å². The van der Waals surface area contributed by atoms with E-state index in [2.05, 4.69) is 20.5 Å². The van der Waals surface area contributed by atoms with E-state index in [1.807, 2.05) is 50.2 Å². The highest BCUT2D eigenvalue weighted by Gasteiger charge is 2.11. The predicted octanol–water partition coefficient (Wildman–Crippen LogP) is 3.49. The molecule has 0 saturated carbocycles. The van der Waals surface area contributed by atoms with Crippen LogP contribution in [0.2, 0.25) is 0 Å². The molecular weight excluding hydrogens is 252 g/mol. The van der Waals surface area contributed by atoms with E-state index in [1.54, 1.807) is 6.20 Å². The van der Waals surface area contributed by atoms with Crippen LogP contribution in [0.25, 0.3) is 11.5 Å². The minimum Gasteiger partial charge on any atom is -0.403 e. The number of nitrogens with zero attached hydrogens (tertiary/aromatic N) is 3. The number of aromatic nitrogens is 3. The lowest BCUT2D eigenvalue weighted by molar-refractivity contribution is 0.586. The van der Waals surface area contributed by atoms with Crippen molar-refractivity contribution < 1.29 is 4.42 Å². The van der Waals surface area contributed by atoms with E-state index < -0.39 is 0 Å². The number of pyridine rings is 1. The van der Waals surface area contributed by atoms with E-state index in [1.165, 1.54) is 0 Å². The van der Waals surface area contributed by atoms with Gasteiger partial charge in [0.25, 0.3) is 5.89 Å². The average molecular weight is 266 g/mol. The average Bonchev–Trinajstić information content (AvgIpc) is 2.90. The van der Waals surface area contributed by atoms with Crippen molar-refractivity contribution in [1.82, 2.24) is 15.2 Å². The fourth-order valence-electron chi connectivity index (χ4n) is 1.92. The molecule has 1 aromatic carbocycles. The Hall–Kier alpha value is -2.69. The third-order valence-corrected chi connectivity index (χ3v) is 3.05. The molecular formula is C15H14N4O. The van der Waals surface area contributed by atoms with Gasteiger partial charge in [0.15, 0.2) is 0 Å². The Balaban J connectivity index is 1.88. The van der Waals surface area contributed by atoms with Crippen molar-refractivity contribution in [3.05, 3.63) is 53.9 Å². The molecule has 3 rings (SSSR count). The zero-order chi connectivity index (χ0) is 13.9. The Morgan fingerprint density at radius 2 is 1.85 bits per heavy atom. The number of nitrogens with one attached hydrogen (secondary N) is 1. The molecule has 3 aromatic rings. The van der Waals surface area contributed by atoms with Gasteiger partial charge in [-0.3, -0.25) is 4.98 Å². The van der Waals surface area contributed by atoms with E-state index in [-0.39, 0.29) is 0 Å². The molecule has 0 spiro atoms. The Morgan fingerprint density at radius 1 is 1.00 bits per heavy atom. The van der Waals surface area contributed by atoms with Crippen LogP contribution in [0, 0.1) is 13.8 Å². The summed E-state index contributed by atoms with van der Waals surface area (Å²) in [4.78, 5) is 4.21. The Labute approximate surface area is 116 Å². The van der Waals surface area contributed by atoms with Gasteiger partial charge >= 0.3 is 6.01 Å². The number of para-hydroxylation sites is 1. The molecule has 2 heterocycles. The standard InChI is InChI=1S/C15H14N4O/c1-10-6-3-4-8-13(10)17-15-19-18-14(20-15)12-7-5-9-16-11(12)2/h3-9H,1-2H3,(H,17,19). The lowest BCUT2D eigenvalue weighted by atomic mass is 10.2. The van der Waals surface area contributed by atoms with Crippen molar-refractivity contribution in [3.63, 3.8) is 0 Å². The second-order valence-corrected chi connectivity index (χ2v) is 4.49. The van der Waals surface area contributed by atoms with Crippen LogP contribution in [0.15, 0.2) is 47.0 Å². The summed E-state index contributed by atoms with van der Waals surface area (Å²) in [6, 6.07) is 12.1. The summed E-state index contributed by atoms with van der Waals surface area (Å²) in [5, 5.41) is 11.2. The molecule has 0 atom stereocenters. The van der Waals surface area contributed by atoms with Crippen molar-refractivity contribution in [3.8, 4) is 11.5 Å². The van der Waals surface area contributed by atoms with Crippen molar-refractivity contribution >= 4 is 11.7 Å². The Morgan fingerprint density at radius 3 is 2.65 bits per heavy atom. The summed E-state index contributed by atoms with van der Waals surface area (Å²) >= 11 is 0. The van der Waals surface area contributed by atoms with Crippen LogP contribution in [0.1, 0.15) is 11.3 Å². The highest BCUT2D eigenvalue weighted by Crippen LogP contribution is 2.24. The summed E-state index contributed by atoms with van der Waals surface area (Å²) in [6.45, 7) is 3.93. The number of hydrogen-bond acceptors (Lipinski definition) is 5. The molecule has 5 heteroatoms. The molecule has 0 amide bonds. The summed E-state index contributed by atoms with van der Waals surface area (Å²) in [7, 11) is 0. The van der Waals surface area contributed by atoms with Crippen LogP contribution < -0.4 is 5.32 Å². The van der Waals surface area contributed by atoms with Gasteiger partial charge in [0, 0.05) is 17.6 Å². The molecule has 2 aromatic heterocycles. The van der Waals surface area contributed by atoms with Gasteiger partial charge in [-0.1, -0.05) is 23.3 Å². The molecule has 0 unspecified atom stereocenters. The third kappa shape index (κ3) is 2.38. The lowest BCUT2D eigenvalue weighted by Gasteiger charge is -2.04. The molecule has 5 nitrogen and oxygen atoms in total. The van der Waals surface area contributed by atoms with Gasteiger partial charge in [0.2, 0.25) is 0 Å². The summed E-state index contributed by atoms with van der Waals surface area (Å²) in [5.41, 5.74) is 3.77. The predicted molar refractivity (Wildman–Crippen MR) is 76.7 cm³/mol. The van der Waals surface area contributed by atoms with E-state index in [0.29, 0.717) is 11.9 Å². The molecule has 0 fully saturated rings. The summed E-state index contributed by atoms with van der Waals surface area (Å²) in [5.74, 6) is 0.465. The second-order valence-electron chi connectivity index (χ2n) is 4.49. The maximum atomic E-state index is 5.64. The lowest BCUT2D eigenvalue weighted by Crippen LogP contribution is -1.92. The fraction of sp³-hybridized carbons (Fsp3) is 0.133. The number of anilines is 2. The van der Waals surface area contributed by atoms with Crippen LogP contribution in [0.5, 0.6) is 0 Å². The van der Waals surface area contributed by atoms with Gasteiger partial charge in [-0.25, -0.2) is 0 Å². The maximum Gasteiger partial charge on any atom is 0.320 e. The molecule has 1 N–H and O–H groups in total. The van der Waals surface area contributed by atoms with Gasteiger partial charge in [0.05, 0.1) is 5.56 Å². The third-order valence-electron chi connectivity index (χ3n) is 3.05. The number of benzene rings is 1. The first-order valence-corrected chi connectivity index (χ1v) is 6.32. The molecule has 0 aliphatic rings. The van der Waals surface area contributed by atoms with Crippen molar-refractivity contribution in [1.29, 1.82) is 0 Å². The van der Waals surface area contributed by atoms with E-state index in [0.717, 1.165) is 22.5 Å². The summed E-state index contributed by atoms with van der Waals surface area (Å²) in [6.07, 6.45) is 1.74. The van der Waals surface area contributed by atoms with Crippen molar-refractivity contribution in [2.24, 2.45) is 0 Å². The molecule has 100 valence electrons. The first kappa shape index (κ1) is 12.3. The first-order valence-electron chi connectivity index (χ1n) is 6.32. The minimum atomic E-state index is 0.373. The quantitative estimate of drug-likeness (QED) is 0.786. The maximum absolute atomic E-state index is 5.64. The Kier molecular flexibility index (Phi) is 3.16. The molecule has 0 radical (unpaired) electrons. The first-order chi connectivity index (χ1) is 9.74. The topological polar surface area (TPSA) is 63.8 Å². The Bertz CT molecular complexity index is 736. The van der Waals surface area contributed by atoms with Gasteiger partial charge in [0.1, 0.15) is 0 Å². The molecule has 20 heavy (non-hydrogen) atoms. The smallest absolute Gasteiger partial charge is 0.320 e. The van der Waals surface area contributed by atoms with Gasteiger partial charge < -0.3 is 9.73 Å². The fourth-order valence-corrected chi connectivity index (χ4v) is 1.92. The highest BCUT2D eigenvalue weighted by atomic mass is 16.4. The summed E-state index contributed by atoms with van der Waals surface area (Å²) < 4.78 is 5.64. The number of rotatable bonds is 3. The van der Waals surface area contributed by atoms with E-state index >= 15 is 0 Å². The molecule has 0 aliphatic heterocycles. The molecule has 0 aliphatic carbocycles. The van der Waals surface area contributed by atoms with E-state index in [4.69, 9.17) is 4.42 Å². The largest absolute Gasteiger partial charge is 0.403 e. The SMILES string of the molecule is Cc1ccccc1Nc1nnc(-c2cccnc2C)o1. The van der Waals surface area contributed by atoms with Gasteiger partial charge in [-0.2, -0.15) is 0 Å². The minimum absolute atomic E-state index is 0.373. The number of hydrogen-bond donors (Lipinski definition) is 1. The van der Waals surface area contributed by atoms with Crippen LogP contribution >= 0.6 is 0 Å². The molecule has 0 saturated heterocycles. The van der Waals surface area contributed by atoms with Gasteiger partial charge in [-0.05, 0) is 37.6 Å². The monoisotopic (exact) mass is 266 g/mol. The van der Waals surface area contributed by atoms with Crippen LogP contribution in [0.4, 0.5) is 11.7 Å². The normalized spacial score (nSPS) is 10.5.